The van der Waals surface area contributed by atoms with Crippen LogP contribution < -0.4 is 19.6 Å². The van der Waals surface area contributed by atoms with Gasteiger partial charge in [-0.15, -0.1) is 0 Å². The van der Waals surface area contributed by atoms with Crippen LogP contribution in [0.1, 0.15) is 0 Å². The van der Waals surface area contributed by atoms with Gasteiger partial charge in [-0.2, -0.15) is 0 Å². The predicted octanol–water partition coefficient (Wildman–Crippen LogP) is 39.2. The highest BCUT2D eigenvalue weighted by molar-refractivity contribution is 6.48. The van der Waals surface area contributed by atoms with Gasteiger partial charge in [0.15, 0.2) is 0 Å². The second-order valence-electron chi connectivity index (χ2n) is 38.4. The molecule has 0 unspecified atom stereocenters. The zero-order chi connectivity index (χ0) is 91.2. The Bertz CT molecular complexity index is 9830. The van der Waals surface area contributed by atoms with Gasteiger partial charge in [0.05, 0.1) is 11.4 Å². The fourth-order valence-corrected chi connectivity index (χ4v) is 25.1. The quantitative estimate of drug-likeness (QED) is 0.0795. The molecule has 0 radical (unpaired) electrons. The molecule has 4 heteroatoms. The van der Waals surface area contributed by atoms with Crippen molar-refractivity contribution < 1.29 is 0 Å². The maximum atomic E-state index is 2.46. The zero-order valence-corrected chi connectivity index (χ0v) is 76.0. The lowest BCUT2D eigenvalue weighted by molar-refractivity contribution is 1.29. The van der Waals surface area contributed by atoms with Crippen molar-refractivity contribution in [1.29, 1.82) is 0 Å². The number of fused-ring (bicyclic) bond motifs is 4. The first-order chi connectivity index (χ1) is 69.4. The number of anilines is 12. The molecule has 0 heterocycles. The Morgan fingerprint density at radius 1 is 0.0929 bits per heavy atom. The molecule has 0 aliphatic carbocycles. The van der Waals surface area contributed by atoms with Crippen LogP contribution in [0.15, 0.2) is 485 Å². The van der Waals surface area contributed by atoms with Gasteiger partial charge in [-0.05, 0) is 350 Å². The Balaban J connectivity index is 0.000000130. The smallest absolute Gasteiger partial charge is 0.0546 e. The normalized spacial score (nSPS) is 12.3. The van der Waals surface area contributed by atoms with Gasteiger partial charge < -0.3 is 19.6 Å². The first-order valence-corrected chi connectivity index (χ1v) is 48.6. The fourth-order valence-electron chi connectivity index (χ4n) is 25.1. The van der Waals surface area contributed by atoms with Crippen molar-refractivity contribution >= 4 is 284 Å². The van der Waals surface area contributed by atoms with Crippen molar-refractivity contribution in [2.24, 2.45) is 0 Å². The summed E-state index contributed by atoms with van der Waals surface area (Å²) in [4.78, 5) is 9.71. The minimum Gasteiger partial charge on any atom is -0.310 e. The molecule has 32 rings (SSSR count). The van der Waals surface area contributed by atoms with Gasteiger partial charge in [-0.25, -0.2) is 0 Å². The zero-order valence-electron chi connectivity index (χ0n) is 76.0. The van der Waals surface area contributed by atoms with E-state index in [-0.39, 0.29) is 0 Å². The second kappa shape index (κ2) is 29.5. The number of benzene rings is 32. The summed E-state index contributed by atoms with van der Waals surface area (Å²) in [6.07, 6.45) is 0. The van der Waals surface area contributed by atoms with Crippen molar-refractivity contribution in [2.45, 2.75) is 0 Å². The highest BCUT2D eigenvalue weighted by atomic mass is 15.2. The van der Waals surface area contributed by atoms with Gasteiger partial charge in [0.2, 0.25) is 0 Å². The van der Waals surface area contributed by atoms with E-state index in [1.54, 1.807) is 0 Å². The highest BCUT2D eigenvalue weighted by Crippen LogP contribution is 2.57. The largest absolute Gasteiger partial charge is 0.310 e. The molecule has 0 aliphatic heterocycles. The summed E-state index contributed by atoms with van der Waals surface area (Å²) in [6.45, 7) is 0. The number of hydrogen-bond donors (Lipinski definition) is 0. The van der Waals surface area contributed by atoms with Crippen LogP contribution >= 0.6 is 0 Å². The molecular formula is C136H80N4. The van der Waals surface area contributed by atoms with Crippen LogP contribution in [-0.2, 0) is 0 Å². The van der Waals surface area contributed by atoms with Crippen LogP contribution in [0.4, 0.5) is 68.2 Å². The van der Waals surface area contributed by atoms with Crippen LogP contribution in [0.5, 0.6) is 0 Å². The lowest BCUT2D eigenvalue weighted by Crippen LogP contribution is -2.11. The lowest BCUT2D eigenvalue weighted by Gasteiger charge is -2.29. The van der Waals surface area contributed by atoms with Gasteiger partial charge in [0, 0.05) is 78.4 Å². The van der Waals surface area contributed by atoms with E-state index >= 15 is 0 Å². The maximum Gasteiger partial charge on any atom is 0.0546 e. The number of nitrogens with zero attached hydrogens (tertiary/aromatic N) is 4. The van der Waals surface area contributed by atoms with Gasteiger partial charge in [-0.3, -0.25) is 0 Å². The topological polar surface area (TPSA) is 13.0 Å². The number of para-hydroxylation sites is 4. The maximum absolute atomic E-state index is 2.46. The highest BCUT2D eigenvalue weighted by Gasteiger charge is 2.30. The van der Waals surface area contributed by atoms with Crippen LogP contribution in [-0.4, -0.2) is 0 Å². The SMILES string of the molecule is c1ccc(N(c2ccc(-c3ccc(N(c4ccccc4)c4cc5ccc6ccc7ccc8ccc9ccc4c4c9c8c7c6c54)cc3)cc2)c2cc3ccc4ccc5ccc6ccc7ccc2c2c7c6c5c4c32)cc1.c1ccc(N(c2ccc(-c3ccc(N(c4ccccc4)c4cc5cccc6c7cccc8cccc(c(c4)c56)c87)cc3)cc2)c2cc3cccc4c5cccc6cccc(c(c2)c34)c65)cc1. The average Bonchev–Trinajstić information content (AvgIpc) is 0.686. The third kappa shape index (κ3) is 11.2. The number of rotatable bonds is 14. The molecule has 0 spiro atoms. The molecule has 0 aliphatic rings. The molecule has 0 aromatic heterocycles. The Morgan fingerprint density at radius 3 is 0.564 bits per heavy atom. The minimum atomic E-state index is 1.11. The van der Waals surface area contributed by atoms with Crippen LogP contribution in [0.25, 0.3) is 238 Å². The third-order valence-corrected chi connectivity index (χ3v) is 31.1. The van der Waals surface area contributed by atoms with Gasteiger partial charge in [-0.1, -0.05) is 352 Å². The predicted molar refractivity (Wildman–Crippen MR) is 602 cm³/mol. The Labute approximate surface area is 805 Å². The summed E-state index contributed by atoms with van der Waals surface area (Å²) in [6, 6.07) is 181. The third-order valence-electron chi connectivity index (χ3n) is 31.1. The van der Waals surface area contributed by atoms with Crippen LogP contribution in [0.2, 0.25) is 0 Å². The minimum absolute atomic E-state index is 1.11. The van der Waals surface area contributed by atoms with E-state index in [1.807, 2.05) is 0 Å². The summed E-state index contributed by atoms with van der Waals surface area (Å²) >= 11 is 0. The molecule has 0 saturated heterocycles. The summed E-state index contributed by atoms with van der Waals surface area (Å²) in [5.41, 5.74) is 18.2. The van der Waals surface area contributed by atoms with E-state index in [9.17, 15) is 0 Å². The molecule has 0 amide bonds. The van der Waals surface area contributed by atoms with E-state index in [4.69, 9.17) is 0 Å². The average molecular weight is 1770 g/mol. The van der Waals surface area contributed by atoms with E-state index in [0.717, 1.165) is 56.9 Å². The number of hydrogen-bond acceptors (Lipinski definition) is 4. The molecule has 32 aromatic carbocycles. The molecule has 0 fully saturated rings. The Kier molecular flexibility index (Phi) is 16.2. The molecule has 0 atom stereocenters. The molecule has 32 aromatic rings. The lowest BCUT2D eigenvalue weighted by atomic mass is 9.82. The van der Waals surface area contributed by atoms with Crippen molar-refractivity contribution in [3.63, 3.8) is 0 Å². The molecule has 140 heavy (non-hydrogen) atoms. The van der Waals surface area contributed by atoms with Gasteiger partial charge in [0.25, 0.3) is 0 Å². The molecule has 644 valence electrons. The Hall–Kier alpha value is -18.5. The summed E-state index contributed by atoms with van der Waals surface area (Å²) in [5.74, 6) is 0. The van der Waals surface area contributed by atoms with Crippen molar-refractivity contribution in [2.75, 3.05) is 19.6 Å². The first-order valence-electron chi connectivity index (χ1n) is 48.6. The van der Waals surface area contributed by atoms with Gasteiger partial charge >= 0.3 is 0 Å². The first kappa shape index (κ1) is 76.9. The molecule has 0 N–H and O–H groups in total. The second-order valence-corrected chi connectivity index (χ2v) is 38.4. The summed E-state index contributed by atoms with van der Waals surface area (Å²) in [7, 11) is 0. The fraction of sp³-hybridized carbons (Fsp3) is 0. The van der Waals surface area contributed by atoms with Gasteiger partial charge in [0.1, 0.15) is 0 Å². The van der Waals surface area contributed by atoms with Crippen LogP contribution in [0, 0.1) is 0 Å². The standard InChI is InChI=1S/C72H40N2.C64H40N2/c1-3-7-53(8-4-1)73(59-39-51-25-23-47-17-13-43-11-15-45-19-21-49-31-37-57(59)71-67(49)63(45)61(43)65(47)69(51)71)55-33-27-41(28-34-55)42-29-35-56(36-30-42)74(54-9-5-2-6-10-54)60-40-52-26-24-48-18-14-44-12-16-46-20-22-50-32-38-58(60)72-68(50)64(46)62(44)66(48)70(52)72;1-3-19-47(20-4-1)65(51-37-45-17-11-25-55-53-23-7-13-43-15-9-27-57(61(43)53)59(39-51)63(45)55)49-33-29-41(30-34-49)42-31-35-50(36-32-42)66(48-21-5-2-6-22-48)52-38-46-18-12-26-56-54-24-8-14-44-16-10-28-58(62(44)54)60(40-52)64(46)56/h1-40H;1-40H. The molecule has 4 nitrogen and oxygen atoms in total. The van der Waals surface area contributed by atoms with E-state index in [1.165, 1.54) is 249 Å². The summed E-state index contributed by atoms with van der Waals surface area (Å²) < 4.78 is 0. The van der Waals surface area contributed by atoms with E-state index < -0.39 is 0 Å². The monoisotopic (exact) mass is 1770 g/mol. The molecular weight excluding hydrogens is 1690 g/mol. The Morgan fingerprint density at radius 2 is 0.286 bits per heavy atom. The van der Waals surface area contributed by atoms with E-state index in [0.29, 0.717) is 0 Å². The summed E-state index contributed by atoms with van der Waals surface area (Å²) in [5, 5.41) is 52.5. The van der Waals surface area contributed by atoms with Crippen molar-refractivity contribution in [1.82, 2.24) is 0 Å². The molecule has 0 saturated carbocycles. The van der Waals surface area contributed by atoms with Crippen molar-refractivity contribution in [3.05, 3.63) is 485 Å². The van der Waals surface area contributed by atoms with Crippen LogP contribution in [0.3, 0.4) is 0 Å². The van der Waals surface area contributed by atoms with E-state index in [2.05, 4.69) is 505 Å². The molecule has 0 bridgehead atoms. The van der Waals surface area contributed by atoms with Crippen molar-refractivity contribution in [3.8, 4) is 22.3 Å².